The van der Waals surface area contributed by atoms with Crippen LogP contribution in [0.3, 0.4) is 0 Å². The highest BCUT2D eigenvalue weighted by atomic mass is 16.2. The fraction of sp³-hybridized carbons (Fsp3) is 0.588. The SMILES string of the molecule is Cc1ccc(NC(=O)N2CCC(C3CCCN3)CC2)cc1. The Bertz CT molecular complexity index is 471. The van der Waals surface area contributed by atoms with Crippen molar-refractivity contribution < 1.29 is 4.79 Å². The summed E-state index contributed by atoms with van der Waals surface area (Å²) >= 11 is 0. The van der Waals surface area contributed by atoms with Crippen molar-refractivity contribution >= 4 is 11.7 Å². The number of amides is 2. The number of nitrogens with zero attached hydrogens (tertiary/aromatic N) is 1. The number of carbonyl (C=O) groups is 1. The maximum Gasteiger partial charge on any atom is 0.321 e. The molecule has 1 unspecified atom stereocenters. The molecule has 1 aromatic rings. The summed E-state index contributed by atoms with van der Waals surface area (Å²) in [5.41, 5.74) is 2.09. The number of piperidine rings is 1. The lowest BCUT2D eigenvalue weighted by molar-refractivity contribution is 0.170. The van der Waals surface area contributed by atoms with Crippen LogP contribution in [0.25, 0.3) is 0 Å². The van der Waals surface area contributed by atoms with Crippen molar-refractivity contribution in [2.75, 3.05) is 25.0 Å². The number of anilines is 1. The summed E-state index contributed by atoms with van der Waals surface area (Å²) in [6.45, 7) is 4.97. The Kier molecular flexibility index (Phi) is 4.44. The van der Waals surface area contributed by atoms with E-state index in [1.807, 2.05) is 36.1 Å². The molecule has 3 rings (SSSR count). The molecule has 2 fully saturated rings. The van der Waals surface area contributed by atoms with Crippen LogP contribution < -0.4 is 10.6 Å². The Morgan fingerprint density at radius 1 is 1.19 bits per heavy atom. The van der Waals surface area contributed by atoms with E-state index in [1.165, 1.54) is 24.9 Å². The van der Waals surface area contributed by atoms with E-state index < -0.39 is 0 Å². The minimum atomic E-state index is 0.0386. The molecule has 0 spiro atoms. The first-order valence-electron chi connectivity index (χ1n) is 8.08. The van der Waals surface area contributed by atoms with E-state index in [2.05, 4.69) is 10.6 Å². The number of nitrogens with one attached hydrogen (secondary N) is 2. The lowest BCUT2D eigenvalue weighted by atomic mass is 9.89. The average Bonchev–Trinajstić information content (AvgIpc) is 3.04. The van der Waals surface area contributed by atoms with Gasteiger partial charge in [0, 0.05) is 24.8 Å². The third kappa shape index (κ3) is 3.56. The first-order valence-corrected chi connectivity index (χ1v) is 8.08. The van der Waals surface area contributed by atoms with E-state index in [0.29, 0.717) is 6.04 Å². The number of likely N-dealkylation sites (tertiary alicyclic amines) is 1. The summed E-state index contributed by atoms with van der Waals surface area (Å²) in [6.07, 6.45) is 4.86. The predicted molar refractivity (Wildman–Crippen MR) is 85.5 cm³/mol. The Labute approximate surface area is 126 Å². The first-order chi connectivity index (χ1) is 10.2. The Morgan fingerprint density at radius 3 is 2.52 bits per heavy atom. The molecule has 0 bridgehead atoms. The van der Waals surface area contributed by atoms with Gasteiger partial charge in [-0.05, 0) is 57.2 Å². The van der Waals surface area contributed by atoms with Crippen LogP contribution >= 0.6 is 0 Å². The molecule has 1 atom stereocenters. The second kappa shape index (κ2) is 6.48. The standard InChI is InChI=1S/C17H25N3O/c1-13-4-6-15(7-5-13)19-17(21)20-11-8-14(9-12-20)16-3-2-10-18-16/h4-7,14,16,18H,2-3,8-12H2,1H3,(H,19,21). The number of benzene rings is 1. The third-order valence-corrected chi connectivity index (χ3v) is 4.80. The zero-order valence-corrected chi connectivity index (χ0v) is 12.8. The number of rotatable bonds is 2. The van der Waals surface area contributed by atoms with Crippen molar-refractivity contribution in [2.45, 2.75) is 38.6 Å². The molecule has 0 radical (unpaired) electrons. The van der Waals surface area contributed by atoms with E-state index >= 15 is 0 Å². The summed E-state index contributed by atoms with van der Waals surface area (Å²) in [5, 5.41) is 6.59. The average molecular weight is 287 g/mol. The molecule has 2 amide bonds. The largest absolute Gasteiger partial charge is 0.325 e. The molecule has 21 heavy (non-hydrogen) atoms. The quantitative estimate of drug-likeness (QED) is 0.878. The smallest absolute Gasteiger partial charge is 0.321 e. The van der Waals surface area contributed by atoms with E-state index in [9.17, 15) is 4.79 Å². The number of carbonyl (C=O) groups excluding carboxylic acids is 1. The molecule has 2 N–H and O–H groups in total. The molecular weight excluding hydrogens is 262 g/mol. The molecule has 0 aliphatic carbocycles. The van der Waals surface area contributed by atoms with Crippen molar-refractivity contribution in [3.8, 4) is 0 Å². The van der Waals surface area contributed by atoms with Gasteiger partial charge in [0.05, 0.1) is 0 Å². The summed E-state index contributed by atoms with van der Waals surface area (Å²) in [6, 6.07) is 8.69. The third-order valence-electron chi connectivity index (χ3n) is 4.80. The molecule has 114 valence electrons. The molecule has 2 aliphatic rings. The number of hydrogen-bond donors (Lipinski definition) is 2. The van der Waals surface area contributed by atoms with Crippen molar-refractivity contribution in [2.24, 2.45) is 5.92 Å². The van der Waals surface area contributed by atoms with Gasteiger partial charge in [-0.2, -0.15) is 0 Å². The Hall–Kier alpha value is -1.55. The highest BCUT2D eigenvalue weighted by molar-refractivity contribution is 5.89. The van der Waals surface area contributed by atoms with E-state index in [-0.39, 0.29) is 6.03 Å². The van der Waals surface area contributed by atoms with E-state index in [0.717, 1.165) is 37.5 Å². The second-order valence-electron chi connectivity index (χ2n) is 6.32. The van der Waals surface area contributed by atoms with Crippen LogP contribution in [0, 0.1) is 12.8 Å². The van der Waals surface area contributed by atoms with Crippen molar-refractivity contribution in [3.05, 3.63) is 29.8 Å². The van der Waals surface area contributed by atoms with Gasteiger partial charge in [0.2, 0.25) is 0 Å². The fourth-order valence-corrected chi connectivity index (χ4v) is 3.46. The van der Waals surface area contributed by atoms with Gasteiger partial charge in [0.1, 0.15) is 0 Å². The van der Waals surface area contributed by atoms with Crippen LogP contribution in [0.15, 0.2) is 24.3 Å². The van der Waals surface area contributed by atoms with Crippen LogP contribution in [-0.2, 0) is 0 Å². The Morgan fingerprint density at radius 2 is 1.90 bits per heavy atom. The first kappa shape index (κ1) is 14.4. The van der Waals surface area contributed by atoms with Crippen molar-refractivity contribution in [1.82, 2.24) is 10.2 Å². The lowest BCUT2D eigenvalue weighted by Crippen LogP contribution is -2.44. The normalized spacial score (nSPS) is 23.3. The molecule has 1 aromatic carbocycles. The van der Waals surface area contributed by atoms with Gasteiger partial charge in [-0.15, -0.1) is 0 Å². The summed E-state index contributed by atoms with van der Waals surface area (Å²) in [5.74, 6) is 0.746. The molecule has 4 nitrogen and oxygen atoms in total. The van der Waals surface area contributed by atoms with Gasteiger partial charge in [0.15, 0.2) is 0 Å². The highest BCUT2D eigenvalue weighted by Crippen LogP contribution is 2.25. The van der Waals surface area contributed by atoms with Crippen LogP contribution in [-0.4, -0.2) is 36.6 Å². The van der Waals surface area contributed by atoms with Crippen LogP contribution in [0.5, 0.6) is 0 Å². The molecule has 0 aromatic heterocycles. The monoisotopic (exact) mass is 287 g/mol. The number of urea groups is 1. The number of aryl methyl sites for hydroxylation is 1. The molecule has 2 heterocycles. The van der Waals surface area contributed by atoms with E-state index in [4.69, 9.17) is 0 Å². The topological polar surface area (TPSA) is 44.4 Å². The van der Waals surface area contributed by atoms with Gasteiger partial charge >= 0.3 is 6.03 Å². The van der Waals surface area contributed by atoms with Gasteiger partial charge < -0.3 is 15.5 Å². The van der Waals surface area contributed by atoms with E-state index in [1.54, 1.807) is 0 Å². The van der Waals surface area contributed by atoms with Crippen LogP contribution in [0.2, 0.25) is 0 Å². The second-order valence-corrected chi connectivity index (χ2v) is 6.32. The highest BCUT2D eigenvalue weighted by Gasteiger charge is 2.29. The summed E-state index contributed by atoms with van der Waals surface area (Å²) < 4.78 is 0. The summed E-state index contributed by atoms with van der Waals surface area (Å²) in [4.78, 5) is 14.2. The zero-order chi connectivity index (χ0) is 14.7. The zero-order valence-electron chi connectivity index (χ0n) is 12.8. The van der Waals surface area contributed by atoms with Gasteiger partial charge in [-0.1, -0.05) is 17.7 Å². The van der Waals surface area contributed by atoms with Crippen molar-refractivity contribution in [3.63, 3.8) is 0 Å². The Balaban J connectivity index is 1.49. The van der Waals surface area contributed by atoms with Gasteiger partial charge in [0.25, 0.3) is 0 Å². The maximum atomic E-state index is 12.3. The minimum Gasteiger partial charge on any atom is -0.325 e. The number of hydrogen-bond acceptors (Lipinski definition) is 2. The fourth-order valence-electron chi connectivity index (χ4n) is 3.46. The molecular formula is C17H25N3O. The predicted octanol–water partition coefficient (Wildman–Crippen LogP) is 2.99. The van der Waals surface area contributed by atoms with Crippen LogP contribution in [0.4, 0.5) is 10.5 Å². The molecule has 2 aliphatic heterocycles. The van der Waals surface area contributed by atoms with Crippen LogP contribution in [0.1, 0.15) is 31.2 Å². The minimum absolute atomic E-state index is 0.0386. The molecule has 4 heteroatoms. The van der Waals surface area contributed by atoms with Crippen molar-refractivity contribution in [1.29, 1.82) is 0 Å². The maximum absolute atomic E-state index is 12.3. The molecule has 2 saturated heterocycles. The summed E-state index contributed by atoms with van der Waals surface area (Å²) in [7, 11) is 0. The lowest BCUT2D eigenvalue weighted by Gasteiger charge is -2.34. The molecule has 0 saturated carbocycles. The van der Waals surface area contributed by atoms with Gasteiger partial charge in [-0.25, -0.2) is 4.79 Å². The van der Waals surface area contributed by atoms with Gasteiger partial charge in [-0.3, -0.25) is 0 Å².